The van der Waals surface area contributed by atoms with Crippen LogP contribution >= 0.6 is 0 Å². The molecule has 1 unspecified atom stereocenters. The molecule has 0 aliphatic heterocycles. The highest BCUT2D eigenvalue weighted by atomic mass is 19.3. The smallest absolute Gasteiger partial charge is 0.205 e. The second kappa shape index (κ2) is 3.76. The molecule has 0 heterocycles. The van der Waals surface area contributed by atoms with Crippen LogP contribution in [0.15, 0.2) is 0 Å². The molecule has 0 saturated carbocycles. The second-order valence-corrected chi connectivity index (χ2v) is 4.03. The van der Waals surface area contributed by atoms with E-state index in [4.69, 9.17) is 7.85 Å². The molecular weight excluding hydrogens is 157 g/mol. The fourth-order valence-electron chi connectivity index (χ4n) is 1.12. The van der Waals surface area contributed by atoms with Crippen molar-refractivity contribution in [3.63, 3.8) is 0 Å². The van der Waals surface area contributed by atoms with E-state index < -0.39 is 11.2 Å². The molecule has 0 N–H and O–H groups in total. The molecule has 12 heavy (non-hydrogen) atoms. The minimum absolute atomic E-state index is 0.0532. The van der Waals surface area contributed by atoms with E-state index in [-0.39, 0.29) is 5.92 Å². The highest BCUT2D eigenvalue weighted by molar-refractivity contribution is 6.13. The topological polar surface area (TPSA) is 0 Å². The fourth-order valence-corrected chi connectivity index (χ4v) is 1.12. The average Bonchev–Trinajstić information content (AvgIpc) is 1.85. The van der Waals surface area contributed by atoms with Gasteiger partial charge in [-0.15, -0.1) is 0 Å². The molecule has 0 amide bonds. The zero-order valence-corrected chi connectivity index (χ0v) is 8.32. The molecule has 0 nitrogen and oxygen atoms in total. The van der Waals surface area contributed by atoms with E-state index in [0.717, 1.165) is 12.8 Å². The Balaban J connectivity index is 4.38. The molecule has 0 aromatic rings. The van der Waals surface area contributed by atoms with Crippen LogP contribution in [0.5, 0.6) is 0 Å². The first kappa shape index (κ1) is 11.9. The summed E-state index contributed by atoms with van der Waals surface area (Å²) in [5, 5.41) is 0. The van der Waals surface area contributed by atoms with Crippen molar-refractivity contribution >= 4 is 7.85 Å². The average molecular weight is 174 g/mol. The maximum Gasteiger partial charge on any atom is 0.205 e. The van der Waals surface area contributed by atoms with E-state index in [9.17, 15) is 8.78 Å². The van der Waals surface area contributed by atoms with Crippen molar-refractivity contribution in [2.75, 3.05) is 0 Å². The van der Waals surface area contributed by atoms with Gasteiger partial charge in [0.25, 0.3) is 0 Å². The minimum Gasteiger partial charge on any atom is -0.219 e. The summed E-state index contributed by atoms with van der Waals surface area (Å²) in [5.74, 6) is -3.14. The molecule has 0 aromatic heterocycles. The molecule has 0 saturated heterocycles. The molecule has 0 spiro atoms. The summed E-state index contributed by atoms with van der Waals surface area (Å²) >= 11 is 0. The van der Waals surface area contributed by atoms with Gasteiger partial charge >= 0.3 is 0 Å². The van der Waals surface area contributed by atoms with Crippen molar-refractivity contribution in [3.05, 3.63) is 0 Å². The van der Waals surface area contributed by atoms with E-state index in [0.29, 0.717) is 0 Å². The lowest BCUT2D eigenvalue weighted by Gasteiger charge is -2.37. The lowest BCUT2D eigenvalue weighted by atomic mass is 9.66. The first-order valence-corrected chi connectivity index (χ1v) is 4.40. The predicted octanol–water partition coefficient (Wildman–Crippen LogP) is 3.21. The molecule has 3 heteroatoms. The Hall–Kier alpha value is -0.0751. The van der Waals surface area contributed by atoms with Gasteiger partial charge in [-0.3, -0.25) is 0 Å². The van der Waals surface area contributed by atoms with Gasteiger partial charge in [0.05, 0.1) is 0 Å². The Kier molecular flexibility index (Phi) is 3.73. The Bertz CT molecular complexity index is 138. The number of rotatable bonds is 4. The number of hydrogen-bond acceptors (Lipinski definition) is 0. The van der Waals surface area contributed by atoms with Gasteiger partial charge in [-0.05, 0) is 5.92 Å². The molecule has 2 radical (unpaired) electrons. The minimum atomic E-state index is -3.08. The van der Waals surface area contributed by atoms with Crippen LogP contribution in [0, 0.1) is 11.3 Å². The SMILES string of the molecule is [B]C(F)(F)C(C)(C)C(C)CCC. The lowest BCUT2D eigenvalue weighted by molar-refractivity contribution is -0.0597. The Morgan fingerprint density at radius 3 is 2.00 bits per heavy atom. The second-order valence-electron chi connectivity index (χ2n) is 4.03. The van der Waals surface area contributed by atoms with Crippen LogP contribution in [0.2, 0.25) is 0 Å². The number of halogens is 2. The van der Waals surface area contributed by atoms with E-state index in [1.807, 2.05) is 13.8 Å². The van der Waals surface area contributed by atoms with Crippen LogP contribution in [-0.2, 0) is 0 Å². The standard InChI is InChI=1S/C9H17BF2/c1-5-6-7(2)8(3,4)9(10,11)12/h7H,5-6H2,1-4H3. The van der Waals surface area contributed by atoms with E-state index in [2.05, 4.69) is 0 Å². The van der Waals surface area contributed by atoms with Crippen LogP contribution in [0.3, 0.4) is 0 Å². The highest BCUT2D eigenvalue weighted by Gasteiger charge is 2.44. The Labute approximate surface area is 75.1 Å². The summed E-state index contributed by atoms with van der Waals surface area (Å²) < 4.78 is 25.7. The van der Waals surface area contributed by atoms with Crippen molar-refractivity contribution in [2.24, 2.45) is 11.3 Å². The first-order valence-electron chi connectivity index (χ1n) is 4.40. The van der Waals surface area contributed by atoms with Crippen molar-refractivity contribution in [1.29, 1.82) is 0 Å². The summed E-state index contributed by atoms with van der Waals surface area (Å²) in [5.41, 5.74) is -1.11. The molecule has 0 fully saturated rings. The third kappa shape index (κ3) is 2.46. The molecule has 0 aliphatic rings. The normalized spacial score (nSPS) is 16.2. The molecule has 0 rings (SSSR count). The molecule has 0 bridgehead atoms. The molecule has 70 valence electrons. The lowest BCUT2D eigenvalue weighted by Crippen LogP contribution is -2.41. The monoisotopic (exact) mass is 174 g/mol. The van der Waals surface area contributed by atoms with Crippen LogP contribution in [-0.4, -0.2) is 13.7 Å². The predicted molar refractivity (Wildman–Crippen MR) is 48.6 cm³/mol. The van der Waals surface area contributed by atoms with Gasteiger partial charge < -0.3 is 0 Å². The van der Waals surface area contributed by atoms with Crippen LogP contribution in [0.1, 0.15) is 40.5 Å². The van der Waals surface area contributed by atoms with Gasteiger partial charge in [-0.2, -0.15) is 0 Å². The summed E-state index contributed by atoms with van der Waals surface area (Å²) in [6, 6.07) is 0. The molecule has 1 atom stereocenters. The number of alkyl halides is 2. The highest BCUT2D eigenvalue weighted by Crippen LogP contribution is 2.41. The van der Waals surface area contributed by atoms with Crippen molar-refractivity contribution < 1.29 is 8.78 Å². The Morgan fingerprint density at radius 1 is 1.33 bits per heavy atom. The molecule has 0 aromatic carbocycles. The maximum atomic E-state index is 12.9. The van der Waals surface area contributed by atoms with Gasteiger partial charge in [-0.1, -0.05) is 40.5 Å². The van der Waals surface area contributed by atoms with E-state index in [1.54, 1.807) is 0 Å². The van der Waals surface area contributed by atoms with Crippen molar-refractivity contribution in [3.8, 4) is 0 Å². The van der Waals surface area contributed by atoms with Gasteiger partial charge in [0.15, 0.2) is 7.85 Å². The van der Waals surface area contributed by atoms with Crippen molar-refractivity contribution in [1.82, 2.24) is 0 Å². The zero-order chi connectivity index (χ0) is 9.99. The third-order valence-electron chi connectivity index (χ3n) is 2.81. The zero-order valence-electron chi connectivity index (χ0n) is 8.32. The van der Waals surface area contributed by atoms with Gasteiger partial charge in [-0.25, -0.2) is 8.78 Å². The summed E-state index contributed by atoms with van der Waals surface area (Å²) in [6.45, 7) is 6.85. The van der Waals surface area contributed by atoms with E-state index in [1.165, 1.54) is 13.8 Å². The number of hydrogen-bond donors (Lipinski definition) is 0. The van der Waals surface area contributed by atoms with Gasteiger partial charge in [0, 0.05) is 5.41 Å². The van der Waals surface area contributed by atoms with Gasteiger partial charge in [0.2, 0.25) is 5.82 Å². The summed E-state index contributed by atoms with van der Waals surface area (Å²) in [6.07, 6.45) is 1.71. The van der Waals surface area contributed by atoms with Gasteiger partial charge in [0.1, 0.15) is 0 Å². The van der Waals surface area contributed by atoms with Crippen LogP contribution in [0.25, 0.3) is 0 Å². The maximum absolute atomic E-state index is 12.9. The van der Waals surface area contributed by atoms with Crippen LogP contribution < -0.4 is 0 Å². The van der Waals surface area contributed by atoms with Crippen LogP contribution in [0.4, 0.5) is 8.78 Å². The molecular formula is C9H17BF2. The summed E-state index contributed by atoms with van der Waals surface area (Å²) in [4.78, 5) is 0. The third-order valence-corrected chi connectivity index (χ3v) is 2.81. The Morgan fingerprint density at radius 2 is 1.75 bits per heavy atom. The van der Waals surface area contributed by atoms with Crippen molar-refractivity contribution in [2.45, 2.75) is 46.4 Å². The van der Waals surface area contributed by atoms with E-state index >= 15 is 0 Å². The first-order chi connectivity index (χ1) is 5.23. The fraction of sp³-hybridized carbons (Fsp3) is 1.00. The summed E-state index contributed by atoms with van der Waals surface area (Å²) in [7, 11) is 4.81. The molecule has 0 aliphatic carbocycles. The largest absolute Gasteiger partial charge is 0.219 e. The quantitative estimate of drug-likeness (QED) is 0.574.